The average Bonchev–Trinajstić information content (AvgIpc) is 2.54. The lowest BCUT2D eigenvalue weighted by molar-refractivity contribution is 0.0879. The van der Waals surface area contributed by atoms with E-state index in [9.17, 15) is 13.2 Å². The summed E-state index contributed by atoms with van der Waals surface area (Å²) >= 11 is 0. The molecule has 0 aromatic heterocycles. The molecule has 5 heteroatoms. The van der Waals surface area contributed by atoms with Crippen molar-refractivity contribution >= 4 is 15.7 Å². The van der Waals surface area contributed by atoms with Crippen LogP contribution in [0.1, 0.15) is 55.3 Å². The zero-order chi connectivity index (χ0) is 16.4. The quantitative estimate of drug-likeness (QED) is 0.923. The summed E-state index contributed by atoms with van der Waals surface area (Å²) in [5.74, 6) is 1.55. The zero-order valence-corrected chi connectivity index (χ0v) is 14.4. The molecule has 3 atom stereocenters. The molecule has 2 aliphatic carbocycles. The van der Waals surface area contributed by atoms with Gasteiger partial charge in [-0.2, -0.15) is 0 Å². The Kier molecular flexibility index (Phi) is 4.76. The average molecular weight is 335 g/mol. The Hall–Kier alpha value is -1.36. The minimum Gasteiger partial charge on any atom is -0.349 e. The first-order chi connectivity index (χ1) is 10.9. The molecule has 1 aromatic rings. The predicted octanol–water partition coefficient (Wildman–Crippen LogP) is 3.18. The van der Waals surface area contributed by atoms with Crippen LogP contribution in [0.2, 0.25) is 0 Å². The smallest absolute Gasteiger partial charge is 0.251 e. The topological polar surface area (TPSA) is 63.2 Å². The Morgan fingerprint density at radius 2 is 1.65 bits per heavy atom. The third kappa shape index (κ3) is 3.94. The Bertz CT molecular complexity index is 666. The number of nitrogens with one attached hydrogen (secondary N) is 1. The highest BCUT2D eigenvalue weighted by Crippen LogP contribution is 2.40. The second kappa shape index (κ2) is 6.63. The van der Waals surface area contributed by atoms with Gasteiger partial charge in [0.05, 0.1) is 4.90 Å². The van der Waals surface area contributed by atoms with Crippen LogP contribution in [0.15, 0.2) is 29.2 Å². The van der Waals surface area contributed by atoms with Crippen LogP contribution in [0, 0.1) is 11.8 Å². The minimum atomic E-state index is -3.22. The van der Waals surface area contributed by atoms with Gasteiger partial charge in [-0.25, -0.2) is 8.42 Å². The van der Waals surface area contributed by atoms with Gasteiger partial charge in [0, 0.05) is 17.9 Å². The van der Waals surface area contributed by atoms with Crippen LogP contribution in [0.4, 0.5) is 0 Å². The zero-order valence-electron chi connectivity index (χ0n) is 13.6. The van der Waals surface area contributed by atoms with Crippen molar-refractivity contribution in [1.82, 2.24) is 5.32 Å². The number of carbonyl (C=O) groups excluding carboxylic acids is 1. The van der Waals surface area contributed by atoms with Gasteiger partial charge in [0.2, 0.25) is 0 Å². The first kappa shape index (κ1) is 16.5. The van der Waals surface area contributed by atoms with Gasteiger partial charge in [-0.15, -0.1) is 0 Å². The molecule has 4 nitrogen and oxygen atoms in total. The van der Waals surface area contributed by atoms with Crippen molar-refractivity contribution in [1.29, 1.82) is 0 Å². The van der Waals surface area contributed by atoms with Crippen LogP contribution >= 0.6 is 0 Å². The monoisotopic (exact) mass is 335 g/mol. The molecule has 0 radical (unpaired) electrons. The summed E-state index contributed by atoms with van der Waals surface area (Å²) in [4.78, 5) is 12.6. The number of hydrogen-bond donors (Lipinski definition) is 1. The molecule has 0 heterocycles. The molecular formula is C18H25NO3S. The lowest BCUT2D eigenvalue weighted by atomic mass is 9.69. The van der Waals surface area contributed by atoms with E-state index in [4.69, 9.17) is 0 Å². The first-order valence-corrected chi connectivity index (χ1v) is 10.4. The number of sulfone groups is 1. The lowest BCUT2D eigenvalue weighted by Crippen LogP contribution is -2.41. The van der Waals surface area contributed by atoms with Crippen LogP contribution in [0.25, 0.3) is 0 Å². The fourth-order valence-electron chi connectivity index (χ4n) is 4.13. The van der Waals surface area contributed by atoms with Gasteiger partial charge in [0.1, 0.15) is 0 Å². The standard InChI is InChI=1S/C18H25NO3S/c1-23(21,22)17-10-7-14(8-11-17)18(20)19-16-9-6-13-4-2-3-5-15(13)12-16/h7-8,10-11,13,15-16H,2-6,9,12H2,1H3,(H,19,20). The third-order valence-corrected chi connectivity index (χ3v) is 6.55. The summed E-state index contributed by atoms with van der Waals surface area (Å²) in [6, 6.07) is 6.46. The molecule has 3 rings (SSSR count). The van der Waals surface area contributed by atoms with Crippen LogP contribution in [-0.4, -0.2) is 26.6 Å². The Balaban J connectivity index is 1.61. The summed E-state index contributed by atoms with van der Waals surface area (Å²) in [6.07, 6.45) is 9.91. The Morgan fingerprint density at radius 3 is 2.30 bits per heavy atom. The van der Waals surface area contributed by atoms with Crippen molar-refractivity contribution in [3.63, 3.8) is 0 Å². The predicted molar refractivity (Wildman–Crippen MR) is 90.1 cm³/mol. The number of amides is 1. The van der Waals surface area contributed by atoms with E-state index in [-0.39, 0.29) is 16.8 Å². The number of hydrogen-bond acceptors (Lipinski definition) is 3. The van der Waals surface area contributed by atoms with Crippen molar-refractivity contribution in [3.8, 4) is 0 Å². The van der Waals surface area contributed by atoms with Crippen molar-refractivity contribution < 1.29 is 13.2 Å². The maximum atomic E-state index is 12.4. The van der Waals surface area contributed by atoms with E-state index in [2.05, 4.69) is 5.32 Å². The lowest BCUT2D eigenvalue weighted by Gasteiger charge is -2.39. The van der Waals surface area contributed by atoms with Crippen LogP contribution in [0.5, 0.6) is 0 Å². The highest BCUT2D eigenvalue weighted by Gasteiger charge is 2.32. The minimum absolute atomic E-state index is 0.0932. The van der Waals surface area contributed by atoms with Crippen molar-refractivity contribution in [2.24, 2.45) is 11.8 Å². The third-order valence-electron chi connectivity index (χ3n) is 5.42. The molecule has 0 spiro atoms. The summed E-state index contributed by atoms with van der Waals surface area (Å²) in [5, 5.41) is 3.14. The SMILES string of the molecule is CS(=O)(=O)c1ccc(C(=O)NC2CCC3CCCCC3C2)cc1. The van der Waals surface area contributed by atoms with Gasteiger partial charge >= 0.3 is 0 Å². The molecule has 1 N–H and O–H groups in total. The van der Waals surface area contributed by atoms with E-state index in [0.717, 1.165) is 24.7 Å². The summed E-state index contributed by atoms with van der Waals surface area (Å²) < 4.78 is 22.9. The molecular weight excluding hydrogens is 310 g/mol. The molecule has 1 amide bonds. The van der Waals surface area contributed by atoms with Gasteiger partial charge in [-0.1, -0.05) is 25.7 Å². The largest absolute Gasteiger partial charge is 0.349 e. The summed E-state index contributed by atoms with van der Waals surface area (Å²) in [5.41, 5.74) is 0.531. The van der Waals surface area contributed by atoms with Crippen LogP contribution in [-0.2, 0) is 9.84 Å². The van der Waals surface area contributed by atoms with Crippen molar-refractivity contribution in [2.75, 3.05) is 6.26 Å². The molecule has 0 bridgehead atoms. The van der Waals surface area contributed by atoms with E-state index >= 15 is 0 Å². The summed E-state index contributed by atoms with van der Waals surface area (Å²) in [6.45, 7) is 0. The maximum absolute atomic E-state index is 12.4. The van der Waals surface area contributed by atoms with Gasteiger partial charge in [0.25, 0.3) is 5.91 Å². The van der Waals surface area contributed by atoms with E-state index in [1.807, 2.05) is 0 Å². The molecule has 1 aromatic carbocycles. The Labute approximate surface area is 138 Å². The van der Waals surface area contributed by atoms with Crippen molar-refractivity contribution in [3.05, 3.63) is 29.8 Å². The van der Waals surface area contributed by atoms with E-state index in [1.165, 1.54) is 50.5 Å². The van der Waals surface area contributed by atoms with Gasteiger partial charge in [-0.3, -0.25) is 4.79 Å². The number of benzene rings is 1. The van der Waals surface area contributed by atoms with E-state index < -0.39 is 9.84 Å². The van der Waals surface area contributed by atoms with Gasteiger partial charge in [-0.05, 0) is 55.4 Å². The molecule has 126 valence electrons. The van der Waals surface area contributed by atoms with Crippen LogP contribution < -0.4 is 5.32 Å². The second-order valence-electron chi connectivity index (χ2n) is 7.08. The second-order valence-corrected chi connectivity index (χ2v) is 9.10. The fraction of sp³-hybridized carbons (Fsp3) is 0.611. The van der Waals surface area contributed by atoms with Crippen molar-refractivity contribution in [2.45, 2.75) is 55.9 Å². The molecule has 23 heavy (non-hydrogen) atoms. The molecule has 0 aliphatic heterocycles. The van der Waals surface area contributed by atoms with E-state index in [1.54, 1.807) is 12.1 Å². The molecule has 2 fully saturated rings. The summed E-state index contributed by atoms with van der Waals surface area (Å²) in [7, 11) is -3.22. The molecule has 3 unspecified atom stereocenters. The maximum Gasteiger partial charge on any atom is 0.251 e. The van der Waals surface area contributed by atoms with E-state index in [0.29, 0.717) is 5.56 Å². The van der Waals surface area contributed by atoms with Crippen LogP contribution in [0.3, 0.4) is 0 Å². The van der Waals surface area contributed by atoms with Gasteiger partial charge in [0.15, 0.2) is 9.84 Å². The number of carbonyl (C=O) groups is 1. The Morgan fingerprint density at radius 1 is 1.00 bits per heavy atom. The molecule has 0 saturated heterocycles. The molecule has 2 aliphatic rings. The number of fused-ring (bicyclic) bond motifs is 1. The fourth-order valence-corrected chi connectivity index (χ4v) is 4.76. The molecule has 2 saturated carbocycles. The highest BCUT2D eigenvalue weighted by molar-refractivity contribution is 7.90. The highest BCUT2D eigenvalue weighted by atomic mass is 32.2. The number of rotatable bonds is 3. The normalized spacial score (nSPS) is 28.0. The first-order valence-electron chi connectivity index (χ1n) is 8.54. The van der Waals surface area contributed by atoms with Gasteiger partial charge < -0.3 is 5.32 Å².